The van der Waals surface area contributed by atoms with E-state index in [1.54, 1.807) is 7.05 Å². The van der Waals surface area contributed by atoms with Crippen molar-refractivity contribution >= 4 is 41.3 Å². The number of aromatic nitrogens is 4. The van der Waals surface area contributed by atoms with Gasteiger partial charge in [0.15, 0.2) is 17.5 Å². The quantitative estimate of drug-likeness (QED) is 0.393. The highest BCUT2D eigenvalue weighted by molar-refractivity contribution is 14.0. The number of nitrogens with zero attached hydrogens (tertiary/aromatic N) is 5. The maximum Gasteiger partial charge on any atom is 0.434 e. The second-order valence-corrected chi connectivity index (χ2v) is 6.13. The highest BCUT2D eigenvalue weighted by Crippen LogP contribution is 2.29. The lowest BCUT2D eigenvalue weighted by atomic mass is 10.4. The number of thiazole rings is 1. The second kappa shape index (κ2) is 8.29. The molecular formula is C13H17F3IN7S. The van der Waals surface area contributed by atoms with Gasteiger partial charge < -0.3 is 15.2 Å². The van der Waals surface area contributed by atoms with E-state index in [0.29, 0.717) is 17.5 Å². The molecule has 2 aromatic heterocycles. The summed E-state index contributed by atoms with van der Waals surface area (Å²) in [6.07, 6.45) is -2.41. The third-order valence-electron chi connectivity index (χ3n) is 3.57. The van der Waals surface area contributed by atoms with Gasteiger partial charge in [0.25, 0.3) is 0 Å². The summed E-state index contributed by atoms with van der Waals surface area (Å²) in [4.78, 5) is 7.61. The summed E-state index contributed by atoms with van der Waals surface area (Å²) in [6.45, 7) is 1.52. The largest absolute Gasteiger partial charge is 0.434 e. The Bertz CT molecular complexity index is 740. The van der Waals surface area contributed by atoms with Crippen molar-refractivity contribution in [2.24, 2.45) is 4.99 Å². The maximum absolute atomic E-state index is 12.5. The van der Waals surface area contributed by atoms with Crippen molar-refractivity contribution in [3.05, 3.63) is 27.7 Å². The Kier molecular flexibility index (Phi) is 6.59. The van der Waals surface area contributed by atoms with E-state index in [9.17, 15) is 13.2 Å². The molecule has 25 heavy (non-hydrogen) atoms. The molecule has 0 saturated carbocycles. The van der Waals surface area contributed by atoms with Gasteiger partial charge in [-0.05, 0) is 6.42 Å². The molecule has 0 amide bonds. The minimum Gasteiger partial charge on any atom is -0.350 e. The van der Waals surface area contributed by atoms with Crippen molar-refractivity contribution in [3.63, 3.8) is 0 Å². The van der Waals surface area contributed by atoms with E-state index in [4.69, 9.17) is 0 Å². The molecule has 1 aliphatic heterocycles. The van der Waals surface area contributed by atoms with E-state index < -0.39 is 11.9 Å². The van der Waals surface area contributed by atoms with Crippen molar-refractivity contribution in [1.82, 2.24) is 30.4 Å². The average Bonchev–Trinajstić information content (AvgIpc) is 3.24. The van der Waals surface area contributed by atoms with Crippen LogP contribution in [0.2, 0.25) is 0 Å². The van der Waals surface area contributed by atoms with E-state index in [1.807, 2.05) is 0 Å². The molecule has 0 aromatic carbocycles. The Hall–Kier alpha value is -1.44. The topological polar surface area (TPSA) is 80.0 Å². The highest BCUT2D eigenvalue weighted by atomic mass is 127. The molecule has 138 valence electrons. The summed E-state index contributed by atoms with van der Waals surface area (Å²) in [7, 11) is 1.59. The number of halogens is 4. The van der Waals surface area contributed by atoms with E-state index in [0.717, 1.165) is 47.8 Å². The zero-order valence-electron chi connectivity index (χ0n) is 13.3. The summed E-state index contributed by atoms with van der Waals surface area (Å²) in [5.74, 6) is 2.27. The number of aliphatic imine (C=N–C) groups is 1. The molecule has 0 saturated heterocycles. The van der Waals surface area contributed by atoms with Gasteiger partial charge in [-0.3, -0.25) is 4.99 Å². The number of rotatable bonds is 4. The van der Waals surface area contributed by atoms with Crippen LogP contribution in [0.25, 0.3) is 0 Å². The third-order valence-corrected chi connectivity index (χ3v) is 4.42. The SMILES string of the molecule is CN=C(NCc1nc(C(F)(F)F)cs1)NCc1nnc2n1CCC2.I. The van der Waals surface area contributed by atoms with Crippen LogP contribution in [0.5, 0.6) is 0 Å². The molecular weight excluding hydrogens is 470 g/mol. The number of hydrogen-bond donors (Lipinski definition) is 2. The zero-order valence-corrected chi connectivity index (χ0v) is 16.4. The predicted octanol–water partition coefficient (Wildman–Crippen LogP) is 2.18. The monoisotopic (exact) mass is 487 g/mol. The molecule has 2 N–H and O–H groups in total. The first-order valence-electron chi connectivity index (χ1n) is 7.34. The van der Waals surface area contributed by atoms with Crippen molar-refractivity contribution in [3.8, 4) is 0 Å². The van der Waals surface area contributed by atoms with Gasteiger partial charge in [-0.2, -0.15) is 13.2 Å². The summed E-state index contributed by atoms with van der Waals surface area (Å²) in [5, 5.41) is 15.6. The molecule has 7 nitrogen and oxygen atoms in total. The smallest absolute Gasteiger partial charge is 0.350 e. The average molecular weight is 487 g/mol. The van der Waals surface area contributed by atoms with E-state index in [-0.39, 0.29) is 30.5 Å². The van der Waals surface area contributed by atoms with E-state index in [2.05, 4.69) is 35.4 Å². The minimum atomic E-state index is -4.41. The van der Waals surface area contributed by atoms with Crippen molar-refractivity contribution in [2.45, 2.75) is 38.7 Å². The van der Waals surface area contributed by atoms with Crippen LogP contribution >= 0.6 is 35.3 Å². The van der Waals surface area contributed by atoms with Crippen LogP contribution < -0.4 is 10.6 Å². The maximum atomic E-state index is 12.5. The second-order valence-electron chi connectivity index (χ2n) is 5.19. The van der Waals surface area contributed by atoms with Gasteiger partial charge in [-0.25, -0.2) is 4.98 Å². The predicted molar refractivity (Wildman–Crippen MR) is 97.9 cm³/mol. The summed E-state index contributed by atoms with van der Waals surface area (Å²) >= 11 is 0.958. The van der Waals surface area contributed by atoms with Gasteiger partial charge in [0.05, 0.1) is 13.1 Å². The van der Waals surface area contributed by atoms with Crippen LogP contribution in [0.15, 0.2) is 10.4 Å². The fraction of sp³-hybridized carbons (Fsp3) is 0.538. The molecule has 1 aliphatic rings. The van der Waals surface area contributed by atoms with Gasteiger partial charge in [0.1, 0.15) is 10.8 Å². The lowest BCUT2D eigenvalue weighted by Crippen LogP contribution is -2.37. The first-order valence-corrected chi connectivity index (χ1v) is 8.22. The molecule has 12 heteroatoms. The summed E-state index contributed by atoms with van der Waals surface area (Å²) < 4.78 is 39.6. The molecule has 0 unspecified atom stereocenters. The molecule has 0 fully saturated rings. The van der Waals surface area contributed by atoms with Gasteiger partial charge in [-0.15, -0.1) is 45.5 Å². The van der Waals surface area contributed by atoms with E-state index in [1.165, 1.54) is 0 Å². The summed E-state index contributed by atoms with van der Waals surface area (Å²) in [5.41, 5.74) is -0.869. The fourth-order valence-electron chi connectivity index (χ4n) is 2.41. The Balaban J connectivity index is 0.00000225. The Morgan fingerprint density at radius 2 is 2.08 bits per heavy atom. The van der Waals surface area contributed by atoms with Gasteiger partial charge in [-0.1, -0.05) is 0 Å². The molecule has 0 aliphatic carbocycles. The zero-order chi connectivity index (χ0) is 17.2. The lowest BCUT2D eigenvalue weighted by Gasteiger charge is -2.10. The van der Waals surface area contributed by atoms with Crippen LogP contribution in [0.3, 0.4) is 0 Å². The van der Waals surface area contributed by atoms with E-state index >= 15 is 0 Å². The first-order chi connectivity index (χ1) is 11.5. The van der Waals surface area contributed by atoms with Gasteiger partial charge in [0.2, 0.25) is 0 Å². The first kappa shape index (κ1) is 19.9. The van der Waals surface area contributed by atoms with Crippen LogP contribution in [-0.2, 0) is 32.2 Å². The molecule has 0 atom stereocenters. The lowest BCUT2D eigenvalue weighted by molar-refractivity contribution is -0.140. The molecule has 0 spiro atoms. The number of fused-ring (bicyclic) bond motifs is 1. The minimum absolute atomic E-state index is 0. The van der Waals surface area contributed by atoms with Crippen molar-refractivity contribution < 1.29 is 13.2 Å². The van der Waals surface area contributed by atoms with Crippen LogP contribution in [0.4, 0.5) is 13.2 Å². The van der Waals surface area contributed by atoms with Crippen LogP contribution in [0, 0.1) is 0 Å². The van der Waals surface area contributed by atoms with Crippen LogP contribution in [-0.4, -0.2) is 32.8 Å². The number of alkyl halides is 3. The Morgan fingerprint density at radius 1 is 1.32 bits per heavy atom. The molecule has 3 heterocycles. The molecule has 3 rings (SSSR count). The summed E-state index contributed by atoms with van der Waals surface area (Å²) in [6, 6.07) is 0. The molecule has 0 radical (unpaired) electrons. The number of guanidine groups is 1. The normalized spacial score (nSPS) is 14.2. The van der Waals surface area contributed by atoms with Gasteiger partial charge in [0, 0.05) is 25.4 Å². The number of hydrogen-bond acceptors (Lipinski definition) is 5. The highest BCUT2D eigenvalue weighted by Gasteiger charge is 2.33. The Labute approximate surface area is 163 Å². The van der Waals surface area contributed by atoms with Gasteiger partial charge >= 0.3 is 6.18 Å². The van der Waals surface area contributed by atoms with Crippen molar-refractivity contribution in [1.29, 1.82) is 0 Å². The molecule has 2 aromatic rings. The molecule has 0 bridgehead atoms. The third kappa shape index (κ3) is 4.80. The standard InChI is InChI=1S/C13H16F3N7S.HI/c1-17-12(18-5-10-22-21-9-3-2-4-23(9)10)19-6-11-20-8(7-24-11)13(14,15)16;/h7H,2-6H2,1H3,(H2,17,18,19);1H. The van der Waals surface area contributed by atoms with Crippen LogP contribution in [0.1, 0.15) is 28.8 Å². The van der Waals surface area contributed by atoms with Crippen molar-refractivity contribution in [2.75, 3.05) is 7.05 Å². The fourth-order valence-corrected chi connectivity index (χ4v) is 3.15. The number of nitrogens with one attached hydrogen (secondary N) is 2. The Morgan fingerprint density at radius 3 is 2.76 bits per heavy atom. The number of aryl methyl sites for hydroxylation is 1.